The second-order valence-corrected chi connectivity index (χ2v) is 18.4. The molecule has 0 radical (unpaired) electrons. The van der Waals surface area contributed by atoms with Gasteiger partial charge in [-0.1, -0.05) is 45.9 Å². The van der Waals surface area contributed by atoms with Gasteiger partial charge < -0.3 is 64.0 Å². The SMILES string of the molecule is CSCC[C@H](NC(=O)[C@H](CC(C)C)NC(=O)[C@H](Cc1cnc[nH]1)NC(=O)CNC(=O)[C@H](NC(=O)[C@H](C)NC(=O)[C@H](Cc1c[nH]c2ccccc12)NC(=O)[C@H](CCC(N)=O)NC(C)=O)C(C)C)C(N)=O. The summed E-state index contributed by atoms with van der Waals surface area (Å²) in [4.78, 5) is 141. The van der Waals surface area contributed by atoms with Gasteiger partial charge in [-0.05, 0) is 61.7 Å². The number of nitrogens with two attached hydrogens (primary N) is 2. The first-order valence-corrected chi connectivity index (χ1v) is 23.9. The molecule has 3 rings (SSSR count). The normalized spacial score (nSPS) is 14.2. The van der Waals surface area contributed by atoms with E-state index in [9.17, 15) is 47.9 Å². The highest BCUT2D eigenvalue weighted by atomic mass is 32.2. The van der Waals surface area contributed by atoms with Crippen LogP contribution >= 0.6 is 11.8 Å². The lowest BCUT2D eigenvalue weighted by atomic mass is 10.0. The zero-order chi connectivity index (χ0) is 51.4. The lowest BCUT2D eigenvalue weighted by Crippen LogP contribution is -2.59. The van der Waals surface area contributed by atoms with Gasteiger partial charge in [-0.25, -0.2) is 4.98 Å². The summed E-state index contributed by atoms with van der Waals surface area (Å²) in [6.07, 6.45) is 6.34. The number of fused-ring (bicyclic) bond motifs is 1. The van der Waals surface area contributed by atoms with Gasteiger partial charge in [-0.15, -0.1) is 0 Å². The van der Waals surface area contributed by atoms with Crippen molar-refractivity contribution in [3.05, 3.63) is 54.2 Å². The second-order valence-electron chi connectivity index (χ2n) is 17.4. The number of nitrogens with zero attached hydrogens (tertiary/aromatic N) is 1. The third-order valence-corrected chi connectivity index (χ3v) is 11.4. The highest BCUT2D eigenvalue weighted by molar-refractivity contribution is 7.98. The Morgan fingerprint density at radius 3 is 1.91 bits per heavy atom. The number of amides is 10. The highest BCUT2D eigenvalue weighted by Gasteiger charge is 2.33. The van der Waals surface area contributed by atoms with E-state index in [1.165, 1.54) is 38.1 Å². The second kappa shape index (κ2) is 27.7. The third kappa shape index (κ3) is 18.9. The number of rotatable bonds is 29. The molecule has 3 aromatic rings. The van der Waals surface area contributed by atoms with E-state index in [-0.39, 0.29) is 44.4 Å². The molecule has 1 aromatic carbocycles. The topological polar surface area (TPSA) is 363 Å². The number of benzene rings is 1. The average molecular weight is 982 g/mol. The molecule has 2 aromatic heterocycles. The van der Waals surface area contributed by atoms with Crippen LogP contribution in [0.15, 0.2) is 43.0 Å². The Kier molecular flexibility index (Phi) is 22.7. The van der Waals surface area contributed by atoms with Crippen molar-refractivity contribution < 1.29 is 47.9 Å². The van der Waals surface area contributed by atoms with Crippen molar-refractivity contribution >= 4 is 81.7 Å². The van der Waals surface area contributed by atoms with Gasteiger partial charge in [0.1, 0.15) is 42.3 Å². The number of nitrogens with one attached hydrogen (secondary N) is 10. The first-order valence-electron chi connectivity index (χ1n) is 22.5. The maximum absolute atomic E-state index is 13.9. The molecule has 0 saturated heterocycles. The van der Waals surface area contributed by atoms with Gasteiger partial charge in [0.25, 0.3) is 0 Å². The molecule has 23 nitrogen and oxygen atoms in total. The molecule has 0 bridgehead atoms. The third-order valence-electron chi connectivity index (χ3n) is 10.8. The first kappa shape index (κ1) is 56.3. The summed E-state index contributed by atoms with van der Waals surface area (Å²) in [5, 5.41) is 21.5. The van der Waals surface area contributed by atoms with Gasteiger partial charge in [0, 0.05) is 55.2 Å². The lowest BCUT2D eigenvalue weighted by molar-refractivity contribution is -0.135. The quantitative estimate of drug-likeness (QED) is 0.0376. The van der Waals surface area contributed by atoms with Crippen LogP contribution in [0.1, 0.15) is 78.5 Å². The Morgan fingerprint density at radius 2 is 1.30 bits per heavy atom. The minimum Gasteiger partial charge on any atom is -0.370 e. The standard InChI is InChI=1S/C45H67N13O10S/c1-23(2)16-33(43(66)55-31(39(47)62)14-15-69-7)56-44(67)35(18-28-20-48-22-51-28)54-37(61)21-50-45(68)38(24(3)4)58-40(63)25(5)52-42(65)34(17-27-19-49-30-11-9-8-10-29(27)30)57-41(64)32(53-26(6)59)12-13-36(46)60/h8-11,19-20,22-25,31-35,38,49H,12-18,21H2,1-7H3,(H2,46,60)(H2,47,62)(H,48,51)(H,50,68)(H,52,65)(H,53,59)(H,54,61)(H,55,66)(H,56,67)(H,57,64)(H,58,63)/t25-,31-,32-,33-,34-,35-,38+/m0/s1. The van der Waals surface area contributed by atoms with E-state index >= 15 is 0 Å². The fraction of sp³-hybridized carbons (Fsp3) is 0.533. The number of hydrogen-bond donors (Lipinski definition) is 12. The summed E-state index contributed by atoms with van der Waals surface area (Å²) in [6, 6.07) is -1.03. The van der Waals surface area contributed by atoms with Crippen LogP contribution in [0.25, 0.3) is 10.9 Å². The molecule has 0 saturated carbocycles. The van der Waals surface area contributed by atoms with Crippen molar-refractivity contribution in [3.8, 4) is 0 Å². The van der Waals surface area contributed by atoms with Crippen molar-refractivity contribution in [1.29, 1.82) is 0 Å². The van der Waals surface area contributed by atoms with Crippen molar-refractivity contribution in [1.82, 2.24) is 57.5 Å². The predicted octanol–water partition coefficient (Wildman–Crippen LogP) is -1.57. The molecule has 2 heterocycles. The fourth-order valence-corrected chi connectivity index (χ4v) is 7.58. The highest BCUT2D eigenvalue weighted by Crippen LogP contribution is 2.20. The number of primary amides is 2. The van der Waals surface area contributed by atoms with Gasteiger partial charge in [-0.3, -0.25) is 47.9 Å². The predicted molar refractivity (Wildman–Crippen MR) is 257 cm³/mol. The Balaban J connectivity index is 1.72. The van der Waals surface area contributed by atoms with E-state index in [4.69, 9.17) is 11.5 Å². The van der Waals surface area contributed by atoms with Crippen LogP contribution in [-0.4, -0.2) is 135 Å². The van der Waals surface area contributed by atoms with E-state index in [1.807, 2.05) is 38.3 Å². The van der Waals surface area contributed by atoms with Gasteiger partial charge in [0.2, 0.25) is 59.1 Å². The van der Waals surface area contributed by atoms with Crippen molar-refractivity contribution in [2.75, 3.05) is 18.6 Å². The number of hydrogen-bond acceptors (Lipinski definition) is 12. The Hall–Kier alpha value is -6.98. The number of thioether (sulfide) groups is 1. The molecular weight excluding hydrogens is 915 g/mol. The molecule has 0 fully saturated rings. The van der Waals surface area contributed by atoms with E-state index in [2.05, 4.69) is 57.5 Å². The van der Waals surface area contributed by atoms with Gasteiger partial charge >= 0.3 is 0 Å². The molecule has 0 aliphatic heterocycles. The van der Waals surface area contributed by atoms with E-state index in [0.717, 1.165) is 10.9 Å². The largest absolute Gasteiger partial charge is 0.370 e. The van der Waals surface area contributed by atoms with E-state index < -0.39 is 114 Å². The minimum atomic E-state index is -1.29. The number of aromatic nitrogens is 3. The maximum Gasteiger partial charge on any atom is 0.243 e. The average Bonchev–Trinajstić information content (AvgIpc) is 3.96. The summed E-state index contributed by atoms with van der Waals surface area (Å²) in [5.41, 5.74) is 12.7. The zero-order valence-electron chi connectivity index (χ0n) is 40.0. The lowest BCUT2D eigenvalue weighted by Gasteiger charge is -2.26. The van der Waals surface area contributed by atoms with Crippen LogP contribution in [0.5, 0.6) is 0 Å². The summed E-state index contributed by atoms with van der Waals surface area (Å²) < 4.78 is 0. The van der Waals surface area contributed by atoms with Gasteiger partial charge in [0.15, 0.2) is 0 Å². The van der Waals surface area contributed by atoms with Crippen LogP contribution < -0.4 is 54.0 Å². The molecule has 0 aliphatic carbocycles. The van der Waals surface area contributed by atoms with Crippen molar-refractivity contribution in [2.24, 2.45) is 23.3 Å². The van der Waals surface area contributed by atoms with Crippen LogP contribution in [-0.2, 0) is 60.8 Å². The van der Waals surface area contributed by atoms with Gasteiger partial charge in [0.05, 0.1) is 12.9 Å². The maximum atomic E-state index is 13.9. The molecule has 24 heteroatoms. The van der Waals surface area contributed by atoms with E-state index in [1.54, 1.807) is 26.1 Å². The van der Waals surface area contributed by atoms with Crippen LogP contribution in [0.4, 0.5) is 0 Å². The zero-order valence-corrected chi connectivity index (χ0v) is 40.8. The summed E-state index contributed by atoms with van der Waals surface area (Å²) in [6.45, 7) is 8.91. The molecular formula is C45H67N13O10S. The van der Waals surface area contributed by atoms with Crippen molar-refractivity contribution in [3.63, 3.8) is 0 Å². The monoisotopic (exact) mass is 981 g/mol. The molecule has 14 N–H and O–H groups in total. The first-order chi connectivity index (χ1) is 32.6. The molecule has 69 heavy (non-hydrogen) atoms. The molecule has 0 spiro atoms. The molecule has 7 atom stereocenters. The number of para-hydroxylation sites is 1. The van der Waals surface area contributed by atoms with Crippen LogP contribution in [0.3, 0.4) is 0 Å². The summed E-state index contributed by atoms with van der Waals surface area (Å²) >= 11 is 1.47. The summed E-state index contributed by atoms with van der Waals surface area (Å²) in [5.74, 6) is -7.26. The summed E-state index contributed by atoms with van der Waals surface area (Å²) in [7, 11) is 0. The van der Waals surface area contributed by atoms with Gasteiger partial charge in [-0.2, -0.15) is 11.8 Å². The Labute approximate surface area is 404 Å². The number of imidazole rings is 1. The van der Waals surface area contributed by atoms with Crippen LogP contribution in [0.2, 0.25) is 0 Å². The Bertz CT molecular complexity index is 2270. The molecule has 378 valence electrons. The molecule has 0 unspecified atom stereocenters. The molecule has 0 aliphatic rings. The number of H-pyrrole nitrogens is 2. The Morgan fingerprint density at radius 1 is 0.681 bits per heavy atom. The molecule has 10 amide bonds. The smallest absolute Gasteiger partial charge is 0.243 e. The van der Waals surface area contributed by atoms with Crippen molar-refractivity contribution in [2.45, 2.75) is 122 Å². The minimum absolute atomic E-state index is 0.0498. The fourth-order valence-electron chi connectivity index (χ4n) is 7.11. The number of carbonyl (C=O) groups is 10. The van der Waals surface area contributed by atoms with Crippen LogP contribution in [0, 0.1) is 11.8 Å². The van der Waals surface area contributed by atoms with E-state index in [0.29, 0.717) is 17.0 Å². The number of aromatic amines is 2. The number of carbonyl (C=O) groups excluding carboxylic acids is 10.